The molecule has 20 heavy (non-hydrogen) atoms. The molecule has 0 bridgehead atoms. The van der Waals surface area contributed by atoms with Crippen molar-refractivity contribution in [3.63, 3.8) is 0 Å². The maximum absolute atomic E-state index is 11.3. The molecule has 1 fully saturated rings. The fourth-order valence-corrected chi connectivity index (χ4v) is 4.34. The monoisotopic (exact) mass is 318 g/mol. The number of methoxy groups -OCH3 is 1. The Morgan fingerprint density at radius 1 is 1.50 bits per heavy atom. The molecule has 1 aromatic heterocycles. The number of hydrogen-bond acceptors (Lipinski definition) is 7. The van der Waals surface area contributed by atoms with Gasteiger partial charge in [0.25, 0.3) is 0 Å². The molecule has 2 heterocycles. The summed E-state index contributed by atoms with van der Waals surface area (Å²) in [6, 6.07) is 0.165. The van der Waals surface area contributed by atoms with Gasteiger partial charge in [-0.25, -0.2) is 13.4 Å². The second-order valence-electron chi connectivity index (χ2n) is 4.79. The van der Waals surface area contributed by atoms with Crippen molar-refractivity contribution in [2.45, 2.75) is 31.7 Å². The Balaban J connectivity index is 1.82. The predicted molar refractivity (Wildman–Crippen MR) is 77.7 cm³/mol. The lowest BCUT2D eigenvalue weighted by atomic mass is 10.2. The van der Waals surface area contributed by atoms with Gasteiger partial charge in [-0.1, -0.05) is 0 Å². The van der Waals surface area contributed by atoms with Crippen LogP contribution < -0.4 is 5.32 Å². The highest BCUT2D eigenvalue weighted by molar-refractivity contribution is 7.91. The number of rotatable bonds is 5. The van der Waals surface area contributed by atoms with Crippen LogP contribution in [0.3, 0.4) is 0 Å². The number of aryl methyl sites for hydroxylation is 1. The van der Waals surface area contributed by atoms with Crippen molar-refractivity contribution in [1.29, 1.82) is 0 Å². The summed E-state index contributed by atoms with van der Waals surface area (Å²) in [5, 5.41) is 5.96. The Hall–Kier alpha value is -1.15. The Bertz CT molecular complexity index is 554. The number of carbonyl (C=O) groups excluding carboxylic acids is 1. The molecule has 112 valence electrons. The summed E-state index contributed by atoms with van der Waals surface area (Å²) in [4.78, 5) is 15.4. The lowest BCUT2D eigenvalue weighted by Crippen LogP contribution is -2.32. The number of nitrogens with one attached hydrogen (secondary N) is 1. The largest absolute Gasteiger partial charge is 0.469 e. The van der Waals surface area contributed by atoms with Crippen molar-refractivity contribution in [3.8, 4) is 0 Å². The maximum atomic E-state index is 11.3. The number of thiazole rings is 1. The van der Waals surface area contributed by atoms with Crippen LogP contribution in [-0.2, 0) is 25.8 Å². The van der Waals surface area contributed by atoms with Crippen molar-refractivity contribution >= 4 is 32.3 Å². The molecule has 8 heteroatoms. The summed E-state index contributed by atoms with van der Waals surface area (Å²) in [5.41, 5.74) is 0.853. The Morgan fingerprint density at radius 2 is 2.20 bits per heavy atom. The number of esters is 1. The maximum Gasteiger partial charge on any atom is 0.305 e. The molecule has 0 aromatic carbocycles. The van der Waals surface area contributed by atoms with Gasteiger partial charge in [0.15, 0.2) is 5.13 Å². The second kappa shape index (κ2) is 6.53. The lowest BCUT2D eigenvalue weighted by Gasteiger charge is -2.22. The van der Waals surface area contributed by atoms with Gasteiger partial charge in [-0.2, -0.15) is 0 Å². The molecular formula is C12H18N2O4S2. The predicted octanol–water partition coefficient (Wildman–Crippen LogP) is 1.24. The number of aromatic nitrogens is 1. The van der Waals surface area contributed by atoms with Gasteiger partial charge in [0, 0.05) is 17.8 Å². The summed E-state index contributed by atoms with van der Waals surface area (Å²) in [5.74, 6) is 0.237. The van der Waals surface area contributed by atoms with Gasteiger partial charge in [0.1, 0.15) is 9.84 Å². The van der Waals surface area contributed by atoms with Crippen molar-refractivity contribution in [2.75, 3.05) is 23.9 Å². The highest BCUT2D eigenvalue weighted by Gasteiger charge is 2.23. The molecule has 1 aromatic rings. The number of anilines is 1. The average Bonchev–Trinajstić information content (AvgIpc) is 2.86. The molecule has 2 rings (SSSR count). The van der Waals surface area contributed by atoms with Crippen LogP contribution in [0.25, 0.3) is 0 Å². The number of carbonyl (C=O) groups is 1. The standard InChI is InChI=1S/C12H18N2O4S2/c1-18-11(15)3-2-10-8-19-12(14-10)13-9-4-6-20(16,17)7-5-9/h8-9H,2-7H2,1H3,(H,13,14). The van der Waals surface area contributed by atoms with Crippen LogP contribution >= 0.6 is 11.3 Å². The number of nitrogens with zero attached hydrogens (tertiary/aromatic N) is 1. The van der Waals surface area contributed by atoms with Gasteiger partial charge in [-0.3, -0.25) is 4.79 Å². The normalized spacial score (nSPS) is 18.6. The first-order valence-corrected chi connectivity index (χ1v) is 9.17. The smallest absolute Gasteiger partial charge is 0.305 e. The summed E-state index contributed by atoms with van der Waals surface area (Å²) < 4.78 is 27.3. The van der Waals surface area contributed by atoms with E-state index < -0.39 is 9.84 Å². The Labute approximate surface area is 122 Å². The van der Waals surface area contributed by atoms with E-state index in [1.54, 1.807) is 0 Å². The molecule has 0 spiro atoms. The van der Waals surface area contributed by atoms with E-state index >= 15 is 0 Å². The zero-order valence-electron chi connectivity index (χ0n) is 11.3. The van der Waals surface area contributed by atoms with E-state index in [0.29, 0.717) is 25.7 Å². The Kier molecular flexibility index (Phi) is 4.98. The van der Waals surface area contributed by atoms with Gasteiger partial charge < -0.3 is 10.1 Å². The quantitative estimate of drug-likeness (QED) is 0.822. The number of sulfone groups is 1. The fourth-order valence-electron chi connectivity index (χ4n) is 2.03. The highest BCUT2D eigenvalue weighted by Crippen LogP contribution is 2.21. The average molecular weight is 318 g/mol. The minimum atomic E-state index is -2.83. The van der Waals surface area contributed by atoms with Gasteiger partial charge in [-0.15, -0.1) is 11.3 Å². The van der Waals surface area contributed by atoms with Crippen molar-refractivity contribution in [1.82, 2.24) is 4.98 Å². The van der Waals surface area contributed by atoms with E-state index in [2.05, 4.69) is 15.0 Å². The molecule has 1 N–H and O–H groups in total. The first-order valence-electron chi connectivity index (χ1n) is 6.47. The van der Waals surface area contributed by atoms with Crippen LogP contribution in [0.1, 0.15) is 25.0 Å². The molecule has 1 saturated heterocycles. The highest BCUT2D eigenvalue weighted by atomic mass is 32.2. The third kappa shape index (κ3) is 4.45. The first kappa shape index (κ1) is 15.2. The van der Waals surface area contributed by atoms with Crippen LogP contribution in [0, 0.1) is 0 Å². The molecule has 0 unspecified atom stereocenters. The molecule has 6 nitrogen and oxygen atoms in total. The third-order valence-electron chi connectivity index (χ3n) is 3.25. The molecule has 1 aliphatic heterocycles. The van der Waals surface area contributed by atoms with E-state index in [1.807, 2.05) is 5.38 Å². The van der Waals surface area contributed by atoms with Crippen molar-refractivity contribution in [2.24, 2.45) is 0 Å². The van der Waals surface area contributed by atoms with Crippen LogP contribution in [-0.4, -0.2) is 44.0 Å². The zero-order chi connectivity index (χ0) is 14.6. The lowest BCUT2D eigenvalue weighted by molar-refractivity contribution is -0.140. The zero-order valence-corrected chi connectivity index (χ0v) is 12.9. The van der Waals surface area contributed by atoms with Crippen LogP contribution in [0.4, 0.5) is 5.13 Å². The van der Waals surface area contributed by atoms with Crippen molar-refractivity contribution < 1.29 is 17.9 Å². The second-order valence-corrected chi connectivity index (χ2v) is 7.95. The molecular weight excluding hydrogens is 300 g/mol. The van der Waals surface area contributed by atoms with Gasteiger partial charge >= 0.3 is 5.97 Å². The minimum Gasteiger partial charge on any atom is -0.469 e. The van der Waals surface area contributed by atoms with Gasteiger partial charge in [0.2, 0.25) is 0 Å². The third-order valence-corrected chi connectivity index (χ3v) is 5.78. The number of hydrogen-bond donors (Lipinski definition) is 1. The molecule has 1 aliphatic rings. The topological polar surface area (TPSA) is 85.4 Å². The summed E-state index contributed by atoms with van der Waals surface area (Å²) >= 11 is 1.48. The molecule has 0 amide bonds. The van der Waals surface area contributed by atoms with E-state index in [9.17, 15) is 13.2 Å². The summed E-state index contributed by atoms with van der Waals surface area (Å²) in [6.45, 7) is 0. The SMILES string of the molecule is COC(=O)CCc1csc(NC2CCS(=O)(=O)CC2)n1. The molecule has 0 aliphatic carbocycles. The molecule has 0 saturated carbocycles. The minimum absolute atomic E-state index is 0.165. The van der Waals surface area contributed by atoms with Crippen LogP contribution in [0.2, 0.25) is 0 Å². The van der Waals surface area contributed by atoms with Crippen LogP contribution in [0.5, 0.6) is 0 Å². The van der Waals surface area contributed by atoms with E-state index in [-0.39, 0.29) is 23.5 Å². The van der Waals surface area contributed by atoms with E-state index in [1.165, 1.54) is 18.4 Å². The summed E-state index contributed by atoms with van der Waals surface area (Å²) in [6.07, 6.45) is 2.13. The van der Waals surface area contributed by atoms with E-state index in [0.717, 1.165) is 10.8 Å². The summed E-state index contributed by atoms with van der Waals surface area (Å²) in [7, 11) is -1.46. The molecule has 0 atom stereocenters. The van der Waals surface area contributed by atoms with Crippen LogP contribution in [0.15, 0.2) is 5.38 Å². The first-order chi connectivity index (χ1) is 9.48. The molecule has 0 radical (unpaired) electrons. The van der Waals surface area contributed by atoms with Gasteiger partial charge in [0.05, 0.1) is 30.7 Å². The van der Waals surface area contributed by atoms with E-state index in [4.69, 9.17) is 0 Å². The van der Waals surface area contributed by atoms with Crippen molar-refractivity contribution in [3.05, 3.63) is 11.1 Å². The Morgan fingerprint density at radius 3 is 2.85 bits per heavy atom. The number of ether oxygens (including phenoxy) is 1. The fraction of sp³-hybridized carbons (Fsp3) is 0.667. The van der Waals surface area contributed by atoms with Gasteiger partial charge in [-0.05, 0) is 12.8 Å².